The maximum Gasteiger partial charge on any atom is 0.262 e. The second-order valence-electron chi connectivity index (χ2n) is 6.42. The Balaban J connectivity index is 1.69. The van der Waals surface area contributed by atoms with Gasteiger partial charge in [0.15, 0.2) is 0 Å². The number of carbonyl (C=O) groups excluding carboxylic acids is 1. The van der Waals surface area contributed by atoms with E-state index in [1.165, 1.54) is 6.42 Å². The Morgan fingerprint density at radius 1 is 1.08 bits per heavy atom. The lowest BCUT2D eigenvalue weighted by atomic mass is 10.0. The van der Waals surface area contributed by atoms with E-state index in [2.05, 4.69) is 15.4 Å². The van der Waals surface area contributed by atoms with Crippen LogP contribution in [0.4, 0.5) is 0 Å². The van der Waals surface area contributed by atoms with Crippen LogP contribution in [0.3, 0.4) is 0 Å². The number of hydrogen-bond donors (Lipinski definition) is 1. The first-order chi connectivity index (χ1) is 12.8. The molecule has 1 fully saturated rings. The van der Waals surface area contributed by atoms with Gasteiger partial charge in [-0.05, 0) is 61.3 Å². The average Bonchev–Trinajstić information content (AvgIpc) is 2.70. The maximum absolute atomic E-state index is 12.8. The van der Waals surface area contributed by atoms with E-state index >= 15 is 0 Å². The van der Waals surface area contributed by atoms with E-state index in [4.69, 9.17) is 4.74 Å². The molecule has 1 aliphatic rings. The number of ether oxygens (including phenoxy) is 1. The molecule has 0 saturated carbocycles. The summed E-state index contributed by atoms with van der Waals surface area (Å²) in [5.74, 6) is 0.697. The summed E-state index contributed by atoms with van der Waals surface area (Å²) in [6.07, 6.45) is 5.14. The van der Waals surface area contributed by atoms with Gasteiger partial charge >= 0.3 is 0 Å². The van der Waals surface area contributed by atoms with E-state index in [0.29, 0.717) is 0 Å². The molecular weight excluding hydrogens is 326 g/mol. The predicted octanol–water partition coefficient (Wildman–Crippen LogP) is 3.37. The molecular formula is C21H25N3O2. The van der Waals surface area contributed by atoms with Crippen LogP contribution in [-0.2, 0) is 4.79 Å². The molecule has 26 heavy (non-hydrogen) atoms. The minimum absolute atomic E-state index is 0.0946. The van der Waals surface area contributed by atoms with Crippen molar-refractivity contribution in [3.8, 4) is 5.75 Å². The normalized spacial score (nSPS) is 16.3. The maximum atomic E-state index is 12.8. The van der Waals surface area contributed by atoms with E-state index in [0.717, 1.165) is 42.8 Å². The van der Waals surface area contributed by atoms with Crippen LogP contribution in [0.1, 0.15) is 36.4 Å². The largest absolute Gasteiger partial charge is 0.497 e. The highest BCUT2D eigenvalue weighted by molar-refractivity contribution is 5.85. The number of nitrogens with one attached hydrogen (secondary N) is 1. The third kappa shape index (κ3) is 4.70. The Kier molecular flexibility index (Phi) is 6.39. The predicted molar refractivity (Wildman–Crippen MR) is 103 cm³/mol. The molecule has 1 amide bonds. The summed E-state index contributed by atoms with van der Waals surface area (Å²) in [5, 5.41) is 4.15. The summed E-state index contributed by atoms with van der Waals surface area (Å²) in [6.45, 7) is 1.88. The van der Waals surface area contributed by atoms with Gasteiger partial charge in [0.2, 0.25) is 0 Å². The Labute approximate surface area is 154 Å². The molecule has 0 aliphatic carbocycles. The second kappa shape index (κ2) is 9.15. The van der Waals surface area contributed by atoms with Crippen molar-refractivity contribution in [2.24, 2.45) is 5.10 Å². The van der Waals surface area contributed by atoms with Crippen LogP contribution >= 0.6 is 0 Å². The van der Waals surface area contributed by atoms with Gasteiger partial charge in [-0.25, -0.2) is 5.43 Å². The van der Waals surface area contributed by atoms with Crippen LogP contribution in [-0.4, -0.2) is 37.2 Å². The number of nitrogens with zero attached hydrogens (tertiary/aromatic N) is 2. The summed E-state index contributed by atoms with van der Waals surface area (Å²) < 4.78 is 5.14. The van der Waals surface area contributed by atoms with Gasteiger partial charge < -0.3 is 4.74 Å². The number of piperidine rings is 1. The molecule has 1 N–H and O–H groups in total. The van der Waals surface area contributed by atoms with E-state index in [1.54, 1.807) is 13.3 Å². The van der Waals surface area contributed by atoms with Gasteiger partial charge in [-0.15, -0.1) is 0 Å². The van der Waals surface area contributed by atoms with Crippen molar-refractivity contribution in [1.82, 2.24) is 10.3 Å². The molecule has 2 aromatic carbocycles. The Bertz CT molecular complexity index is 723. The van der Waals surface area contributed by atoms with E-state index in [1.807, 2.05) is 54.6 Å². The molecule has 0 aromatic heterocycles. The molecule has 5 nitrogen and oxygen atoms in total. The van der Waals surface area contributed by atoms with Gasteiger partial charge in [0, 0.05) is 0 Å². The van der Waals surface area contributed by atoms with E-state index in [-0.39, 0.29) is 11.9 Å². The average molecular weight is 351 g/mol. The van der Waals surface area contributed by atoms with E-state index < -0.39 is 0 Å². The summed E-state index contributed by atoms with van der Waals surface area (Å²) in [7, 11) is 1.63. The van der Waals surface area contributed by atoms with Gasteiger partial charge in [-0.2, -0.15) is 5.10 Å². The zero-order valence-electron chi connectivity index (χ0n) is 15.1. The zero-order valence-corrected chi connectivity index (χ0v) is 15.1. The summed E-state index contributed by atoms with van der Waals surface area (Å²) in [5.41, 5.74) is 4.62. The molecule has 1 saturated heterocycles. The van der Waals surface area contributed by atoms with Crippen molar-refractivity contribution in [3.05, 3.63) is 65.7 Å². The first kappa shape index (κ1) is 18.1. The number of hydrogen-bond acceptors (Lipinski definition) is 4. The first-order valence-electron chi connectivity index (χ1n) is 9.04. The number of hydrazone groups is 1. The number of likely N-dealkylation sites (tertiary alicyclic amines) is 1. The van der Waals surface area contributed by atoms with Crippen LogP contribution in [0.15, 0.2) is 59.7 Å². The molecule has 2 aromatic rings. The minimum atomic E-state index is -0.301. The second-order valence-corrected chi connectivity index (χ2v) is 6.42. The fraction of sp³-hybridized carbons (Fsp3) is 0.333. The fourth-order valence-corrected chi connectivity index (χ4v) is 3.26. The van der Waals surface area contributed by atoms with Gasteiger partial charge in [0.05, 0.1) is 13.3 Å². The fourth-order valence-electron chi connectivity index (χ4n) is 3.26. The topological polar surface area (TPSA) is 53.9 Å². The lowest BCUT2D eigenvalue weighted by Crippen LogP contribution is -2.41. The van der Waals surface area contributed by atoms with Crippen LogP contribution < -0.4 is 10.2 Å². The quantitative estimate of drug-likeness (QED) is 0.641. The number of methoxy groups -OCH3 is 1. The lowest BCUT2D eigenvalue weighted by molar-refractivity contribution is -0.127. The molecule has 1 aliphatic heterocycles. The van der Waals surface area contributed by atoms with Crippen molar-refractivity contribution in [2.75, 3.05) is 20.2 Å². The van der Waals surface area contributed by atoms with Gasteiger partial charge in [-0.3, -0.25) is 9.69 Å². The van der Waals surface area contributed by atoms with Crippen molar-refractivity contribution in [3.63, 3.8) is 0 Å². The minimum Gasteiger partial charge on any atom is -0.497 e. The third-order valence-electron chi connectivity index (χ3n) is 4.62. The van der Waals surface area contributed by atoms with Gasteiger partial charge in [-0.1, -0.05) is 36.8 Å². The highest BCUT2D eigenvalue weighted by Gasteiger charge is 2.28. The molecule has 136 valence electrons. The molecule has 1 atom stereocenters. The molecule has 0 bridgehead atoms. The smallest absolute Gasteiger partial charge is 0.262 e. The van der Waals surface area contributed by atoms with Crippen molar-refractivity contribution in [2.45, 2.75) is 25.3 Å². The Morgan fingerprint density at radius 3 is 2.42 bits per heavy atom. The summed E-state index contributed by atoms with van der Waals surface area (Å²) >= 11 is 0. The standard InChI is InChI=1S/C21H25N3O2/c1-26-19-12-10-17(11-13-19)16-22-23-21(25)20(18-8-4-2-5-9-18)24-14-6-3-7-15-24/h2,4-5,8-13,16,20H,3,6-7,14-15H2,1H3,(H,23,25). The number of amides is 1. The number of rotatable bonds is 6. The lowest BCUT2D eigenvalue weighted by Gasteiger charge is -2.33. The molecule has 0 spiro atoms. The SMILES string of the molecule is COc1ccc(C=NNC(=O)C(c2ccccc2)N2CCCCC2)cc1. The van der Waals surface area contributed by atoms with Crippen LogP contribution in [0, 0.1) is 0 Å². The van der Waals surface area contributed by atoms with Crippen molar-refractivity contribution < 1.29 is 9.53 Å². The van der Waals surface area contributed by atoms with Crippen LogP contribution in [0.25, 0.3) is 0 Å². The summed E-state index contributed by atoms with van der Waals surface area (Å²) in [6, 6.07) is 17.1. The highest BCUT2D eigenvalue weighted by Crippen LogP contribution is 2.24. The van der Waals surface area contributed by atoms with Gasteiger partial charge in [0.25, 0.3) is 5.91 Å². The van der Waals surface area contributed by atoms with Gasteiger partial charge in [0.1, 0.15) is 11.8 Å². The van der Waals surface area contributed by atoms with Crippen molar-refractivity contribution in [1.29, 1.82) is 0 Å². The Morgan fingerprint density at radius 2 is 1.77 bits per heavy atom. The molecule has 3 rings (SSSR count). The monoisotopic (exact) mass is 351 g/mol. The highest BCUT2D eigenvalue weighted by atomic mass is 16.5. The summed E-state index contributed by atoms with van der Waals surface area (Å²) in [4.78, 5) is 15.1. The van der Waals surface area contributed by atoms with Crippen LogP contribution in [0.2, 0.25) is 0 Å². The number of carbonyl (C=O) groups is 1. The number of benzene rings is 2. The van der Waals surface area contributed by atoms with Crippen molar-refractivity contribution >= 4 is 12.1 Å². The molecule has 5 heteroatoms. The molecule has 1 unspecified atom stereocenters. The first-order valence-corrected chi connectivity index (χ1v) is 9.04. The third-order valence-corrected chi connectivity index (χ3v) is 4.62. The molecule has 0 radical (unpaired) electrons. The Hall–Kier alpha value is -2.66. The van der Waals surface area contributed by atoms with E-state index in [9.17, 15) is 4.79 Å². The molecule has 1 heterocycles. The zero-order chi connectivity index (χ0) is 18.2. The van der Waals surface area contributed by atoms with Crippen LogP contribution in [0.5, 0.6) is 5.75 Å².